The van der Waals surface area contributed by atoms with E-state index in [1.807, 2.05) is 55.5 Å². The van der Waals surface area contributed by atoms with Gasteiger partial charge in [-0.15, -0.1) is 0 Å². The van der Waals surface area contributed by atoms with E-state index in [1.54, 1.807) is 0 Å². The van der Waals surface area contributed by atoms with Crippen LogP contribution in [0.15, 0.2) is 48.5 Å². The molecular formula is C21H25NO4. The molecule has 0 aliphatic carbocycles. The summed E-state index contributed by atoms with van der Waals surface area (Å²) < 4.78 is 5.67. The van der Waals surface area contributed by atoms with Crippen molar-refractivity contribution in [1.82, 2.24) is 0 Å². The number of rotatable bonds is 10. The zero-order valence-electron chi connectivity index (χ0n) is 15.0. The average Bonchev–Trinajstić information content (AvgIpc) is 2.60. The van der Waals surface area contributed by atoms with Crippen molar-refractivity contribution in [2.45, 2.75) is 39.0 Å². The van der Waals surface area contributed by atoms with Gasteiger partial charge in [0.25, 0.3) is 0 Å². The number of hydrogen-bond donors (Lipinski definition) is 2. The van der Waals surface area contributed by atoms with Crippen LogP contribution in [0.5, 0.6) is 5.75 Å². The fourth-order valence-corrected chi connectivity index (χ4v) is 2.56. The number of anilines is 1. The highest BCUT2D eigenvalue weighted by atomic mass is 16.5. The van der Waals surface area contributed by atoms with Gasteiger partial charge in [0.15, 0.2) is 0 Å². The van der Waals surface area contributed by atoms with Gasteiger partial charge in [-0.3, -0.25) is 9.59 Å². The lowest BCUT2D eigenvalue weighted by Crippen LogP contribution is -2.12. The summed E-state index contributed by atoms with van der Waals surface area (Å²) in [6, 6.07) is 15.2. The molecule has 0 fully saturated rings. The van der Waals surface area contributed by atoms with Crippen LogP contribution in [0.4, 0.5) is 5.69 Å². The van der Waals surface area contributed by atoms with Crippen LogP contribution in [0.2, 0.25) is 0 Å². The molecule has 2 N–H and O–H groups in total. The van der Waals surface area contributed by atoms with Gasteiger partial charge in [0, 0.05) is 18.5 Å². The minimum absolute atomic E-state index is 0.0454. The number of aliphatic carboxylic acids is 1. The first kappa shape index (κ1) is 19.5. The summed E-state index contributed by atoms with van der Waals surface area (Å²) in [4.78, 5) is 22.7. The summed E-state index contributed by atoms with van der Waals surface area (Å²) in [5, 5.41) is 11.6. The molecule has 5 nitrogen and oxygen atoms in total. The maximum atomic E-state index is 12.0. The van der Waals surface area contributed by atoms with E-state index in [0.717, 1.165) is 29.7 Å². The van der Waals surface area contributed by atoms with Gasteiger partial charge < -0.3 is 15.2 Å². The van der Waals surface area contributed by atoms with Crippen molar-refractivity contribution in [2.24, 2.45) is 0 Å². The van der Waals surface area contributed by atoms with Gasteiger partial charge in [-0.05, 0) is 61.6 Å². The van der Waals surface area contributed by atoms with E-state index in [4.69, 9.17) is 9.84 Å². The normalized spacial score (nSPS) is 10.3. The van der Waals surface area contributed by atoms with E-state index in [2.05, 4.69) is 5.32 Å². The second kappa shape index (κ2) is 10.2. The summed E-state index contributed by atoms with van der Waals surface area (Å²) >= 11 is 0. The third-order valence-electron chi connectivity index (χ3n) is 3.89. The molecule has 0 bridgehead atoms. The average molecular weight is 355 g/mol. The molecule has 0 aliphatic heterocycles. The van der Waals surface area contributed by atoms with Crippen molar-refractivity contribution >= 4 is 17.6 Å². The van der Waals surface area contributed by atoms with Gasteiger partial charge in [-0.25, -0.2) is 0 Å². The number of ether oxygens (including phenoxy) is 1. The zero-order chi connectivity index (χ0) is 18.8. The minimum Gasteiger partial charge on any atom is -0.494 e. The van der Waals surface area contributed by atoms with Gasteiger partial charge in [0.05, 0.1) is 6.61 Å². The molecule has 0 saturated carbocycles. The molecule has 0 unspecified atom stereocenters. The maximum Gasteiger partial charge on any atom is 0.303 e. The molecule has 2 aromatic rings. The van der Waals surface area contributed by atoms with Crippen LogP contribution in [0.3, 0.4) is 0 Å². The van der Waals surface area contributed by atoms with E-state index in [9.17, 15) is 9.59 Å². The lowest BCUT2D eigenvalue weighted by molar-refractivity contribution is -0.137. The van der Waals surface area contributed by atoms with Crippen molar-refractivity contribution in [1.29, 1.82) is 0 Å². The second-order valence-electron chi connectivity index (χ2n) is 6.26. The number of carbonyl (C=O) groups excluding carboxylic acids is 1. The monoisotopic (exact) mass is 355 g/mol. The van der Waals surface area contributed by atoms with Crippen molar-refractivity contribution in [2.75, 3.05) is 11.9 Å². The molecular weight excluding hydrogens is 330 g/mol. The molecule has 0 radical (unpaired) electrons. The summed E-state index contributed by atoms with van der Waals surface area (Å²) in [7, 11) is 0. The molecule has 5 heteroatoms. The van der Waals surface area contributed by atoms with Gasteiger partial charge in [-0.2, -0.15) is 0 Å². The standard InChI is InChI=1S/C21H25NO4/c1-16-6-4-9-19(14-16)26-13-3-2-10-20(23)22-18-8-5-7-17(15-18)11-12-21(24)25/h4-9,14-15H,2-3,10-13H2,1H3,(H,22,23)(H,24,25). The minimum atomic E-state index is -0.827. The molecule has 0 saturated heterocycles. The topological polar surface area (TPSA) is 75.6 Å². The third kappa shape index (κ3) is 7.38. The molecule has 2 aromatic carbocycles. The molecule has 0 aromatic heterocycles. The summed E-state index contributed by atoms with van der Waals surface area (Å²) in [6.45, 7) is 2.61. The molecule has 2 rings (SSSR count). The lowest BCUT2D eigenvalue weighted by atomic mass is 10.1. The molecule has 0 aliphatic rings. The molecule has 1 amide bonds. The Bertz CT molecular complexity index is 742. The Labute approximate surface area is 154 Å². The third-order valence-corrected chi connectivity index (χ3v) is 3.89. The number of benzene rings is 2. The predicted molar refractivity (Wildman–Crippen MR) is 102 cm³/mol. The Balaban J connectivity index is 1.67. The Morgan fingerprint density at radius 1 is 1.04 bits per heavy atom. The highest BCUT2D eigenvalue weighted by molar-refractivity contribution is 5.90. The summed E-state index contributed by atoms with van der Waals surface area (Å²) in [5.74, 6) is -0.0177. The first-order chi connectivity index (χ1) is 12.5. The highest BCUT2D eigenvalue weighted by Gasteiger charge is 2.05. The summed E-state index contributed by atoms with van der Waals surface area (Å²) in [6.07, 6.45) is 2.51. The highest BCUT2D eigenvalue weighted by Crippen LogP contribution is 2.14. The van der Waals surface area contributed by atoms with Crippen LogP contribution in [0, 0.1) is 6.92 Å². The van der Waals surface area contributed by atoms with Crippen LogP contribution in [0.25, 0.3) is 0 Å². The Kier molecular flexibility index (Phi) is 7.68. The summed E-state index contributed by atoms with van der Waals surface area (Å²) in [5.41, 5.74) is 2.76. The van der Waals surface area contributed by atoms with Gasteiger partial charge in [0.1, 0.15) is 5.75 Å². The number of amides is 1. The van der Waals surface area contributed by atoms with Crippen LogP contribution >= 0.6 is 0 Å². The fourth-order valence-electron chi connectivity index (χ4n) is 2.56. The number of aryl methyl sites for hydroxylation is 2. The number of carboxylic acid groups (broad SMARTS) is 1. The van der Waals surface area contributed by atoms with E-state index in [1.165, 1.54) is 0 Å². The quantitative estimate of drug-likeness (QED) is 0.626. The second-order valence-corrected chi connectivity index (χ2v) is 6.26. The molecule has 0 atom stereocenters. The van der Waals surface area contributed by atoms with Gasteiger partial charge >= 0.3 is 5.97 Å². The van der Waals surface area contributed by atoms with Crippen molar-refractivity contribution in [3.05, 3.63) is 59.7 Å². The van der Waals surface area contributed by atoms with Crippen LogP contribution in [0.1, 0.15) is 36.8 Å². The first-order valence-electron chi connectivity index (χ1n) is 8.83. The van der Waals surface area contributed by atoms with Crippen molar-refractivity contribution in [3.63, 3.8) is 0 Å². The molecule has 0 spiro atoms. The number of carboxylic acids is 1. The Morgan fingerprint density at radius 2 is 1.85 bits per heavy atom. The number of hydrogen-bond acceptors (Lipinski definition) is 3. The zero-order valence-corrected chi connectivity index (χ0v) is 15.0. The molecule has 0 heterocycles. The fraction of sp³-hybridized carbons (Fsp3) is 0.333. The molecule has 26 heavy (non-hydrogen) atoms. The molecule has 138 valence electrons. The van der Waals surface area contributed by atoms with Crippen molar-refractivity contribution < 1.29 is 19.4 Å². The van der Waals surface area contributed by atoms with Crippen molar-refractivity contribution in [3.8, 4) is 5.75 Å². The van der Waals surface area contributed by atoms with E-state index < -0.39 is 5.97 Å². The lowest BCUT2D eigenvalue weighted by Gasteiger charge is -2.08. The number of nitrogens with one attached hydrogen (secondary N) is 1. The SMILES string of the molecule is Cc1cccc(OCCCCC(=O)Nc2cccc(CCC(=O)O)c2)c1. The maximum absolute atomic E-state index is 12.0. The van der Waals surface area contributed by atoms with E-state index in [-0.39, 0.29) is 12.3 Å². The largest absolute Gasteiger partial charge is 0.494 e. The van der Waals surface area contributed by atoms with E-state index in [0.29, 0.717) is 25.1 Å². The smallest absolute Gasteiger partial charge is 0.303 e. The first-order valence-corrected chi connectivity index (χ1v) is 8.83. The van der Waals surface area contributed by atoms with Crippen LogP contribution in [-0.4, -0.2) is 23.6 Å². The van der Waals surface area contributed by atoms with Crippen LogP contribution in [-0.2, 0) is 16.0 Å². The van der Waals surface area contributed by atoms with Gasteiger partial charge in [-0.1, -0.05) is 24.3 Å². The Morgan fingerprint density at radius 3 is 2.62 bits per heavy atom. The van der Waals surface area contributed by atoms with Gasteiger partial charge in [0.2, 0.25) is 5.91 Å². The number of unbranched alkanes of at least 4 members (excludes halogenated alkanes) is 1. The predicted octanol–water partition coefficient (Wildman–Crippen LogP) is 4.20. The number of carbonyl (C=O) groups is 2. The van der Waals surface area contributed by atoms with Crippen LogP contribution < -0.4 is 10.1 Å². The van der Waals surface area contributed by atoms with E-state index >= 15 is 0 Å². The Hall–Kier alpha value is -2.82.